The summed E-state index contributed by atoms with van der Waals surface area (Å²) in [5.74, 6) is -1.74. The Morgan fingerprint density at radius 3 is 2.72 bits per heavy atom. The number of unbranched alkanes of at least 4 members (excludes halogenated alkanes) is 3. The van der Waals surface area contributed by atoms with Crippen molar-refractivity contribution < 1.29 is 13.5 Å². The fraction of sp³-hybridized carbons (Fsp3) is 0.571. The van der Waals surface area contributed by atoms with E-state index >= 15 is 0 Å². The normalized spacial score (nSPS) is 12.7. The third-order valence-electron chi connectivity index (χ3n) is 2.82. The summed E-state index contributed by atoms with van der Waals surface area (Å²) >= 11 is 0. The number of hydrogen-bond acceptors (Lipinski definition) is 2. The quantitative estimate of drug-likeness (QED) is 0.723. The topological polar surface area (TPSA) is 35.2 Å². The number of ether oxygens (including phenoxy) is 1. The van der Waals surface area contributed by atoms with Crippen molar-refractivity contribution in [2.75, 3.05) is 13.2 Å². The molecule has 1 unspecified atom stereocenters. The fourth-order valence-electron chi connectivity index (χ4n) is 1.74. The molecule has 0 aliphatic heterocycles. The van der Waals surface area contributed by atoms with Crippen LogP contribution in [0.2, 0.25) is 0 Å². The molecule has 1 aromatic rings. The molecule has 102 valence electrons. The van der Waals surface area contributed by atoms with Crippen molar-refractivity contribution in [3.63, 3.8) is 0 Å². The number of benzene rings is 1. The third kappa shape index (κ3) is 4.70. The van der Waals surface area contributed by atoms with Crippen molar-refractivity contribution in [3.05, 3.63) is 35.4 Å². The van der Waals surface area contributed by atoms with Crippen molar-refractivity contribution in [2.24, 2.45) is 5.73 Å². The van der Waals surface area contributed by atoms with Gasteiger partial charge in [-0.25, -0.2) is 8.78 Å². The maximum absolute atomic E-state index is 13.4. The van der Waals surface area contributed by atoms with E-state index in [0.717, 1.165) is 18.9 Å². The van der Waals surface area contributed by atoms with Crippen molar-refractivity contribution in [1.82, 2.24) is 0 Å². The van der Waals surface area contributed by atoms with E-state index < -0.39 is 17.7 Å². The molecular weight excluding hydrogens is 236 g/mol. The maximum Gasteiger partial charge on any atom is 0.163 e. The molecule has 0 aromatic heterocycles. The van der Waals surface area contributed by atoms with Gasteiger partial charge in [0.2, 0.25) is 0 Å². The first-order valence-corrected chi connectivity index (χ1v) is 6.44. The summed E-state index contributed by atoms with van der Waals surface area (Å²) in [6, 6.07) is 3.40. The van der Waals surface area contributed by atoms with Gasteiger partial charge < -0.3 is 10.5 Å². The van der Waals surface area contributed by atoms with Crippen molar-refractivity contribution in [2.45, 2.75) is 38.6 Å². The van der Waals surface area contributed by atoms with Crippen LogP contribution in [0.3, 0.4) is 0 Å². The smallest absolute Gasteiger partial charge is 0.163 e. The van der Waals surface area contributed by atoms with E-state index in [-0.39, 0.29) is 12.2 Å². The van der Waals surface area contributed by atoms with Crippen LogP contribution in [-0.4, -0.2) is 13.2 Å². The molecule has 0 spiro atoms. The molecule has 0 heterocycles. The maximum atomic E-state index is 13.4. The molecule has 2 nitrogen and oxygen atoms in total. The summed E-state index contributed by atoms with van der Waals surface area (Å²) in [5.41, 5.74) is 5.94. The van der Waals surface area contributed by atoms with Gasteiger partial charge >= 0.3 is 0 Å². The van der Waals surface area contributed by atoms with Crippen LogP contribution < -0.4 is 5.73 Å². The van der Waals surface area contributed by atoms with E-state index in [1.807, 2.05) is 0 Å². The molecule has 18 heavy (non-hydrogen) atoms. The van der Waals surface area contributed by atoms with Crippen LogP contribution in [0, 0.1) is 11.6 Å². The fourth-order valence-corrected chi connectivity index (χ4v) is 1.74. The van der Waals surface area contributed by atoms with Gasteiger partial charge in [0.1, 0.15) is 0 Å². The molecular formula is C14H21F2NO. The zero-order chi connectivity index (χ0) is 13.4. The lowest BCUT2D eigenvalue weighted by Gasteiger charge is -2.13. The molecule has 0 aliphatic carbocycles. The minimum atomic E-state index is -0.875. The lowest BCUT2D eigenvalue weighted by molar-refractivity contribution is 0.116. The Morgan fingerprint density at radius 2 is 2.00 bits per heavy atom. The SMILES string of the molecule is CCCCCCOCC(N)c1cccc(F)c1F. The van der Waals surface area contributed by atoms with Crippen LogP contribution in [0.1, 0.15) is 44.2 Å². The first kappa shape index (κ1) is 15.1. The molecule has 1 aromatic carbocycles. The first-order valence-electron chi connectivity index (χ1n) is 6.44. The predicted octanol–water partition coefficient (Wildman–Crippen LogP) is 3.56. The highest BCUT2D eigenvalue weighted by Gasteiger charge is 2.14. The van der Waals surface area contributed by atoms with Crippen LogP contribution in [0.5, 0.6) is 0 Å². The summed E-state index contributed by atoms with van der Waals surface area (Å²) in [6.07, 6.45) is 4.47. The largest absolute Gasteiger partial charge is 0.379 e. The molecule has 0 radical (unpaired) electrons. The minimum Gasteiger partial charge on any atom is -0.379 e. The number of halogens is 2. The minimum absolute atomic E-state index is 0.170. The summed E-state index contributed by atoms with van der Waals surface area (Å²) in [5, 5.41) is 0. The highest BCUT2D eigenvalue weighted by molar-refractivity contribution is 5.22. The first-order chi connectivity index (χ1) is 8.66. The van der Waals surface area contributed by atoms with Gasteiger partial charge in [-0.2, -0.15) is 0 Å². The van der Waals surface area contributed by atoms with Gasteiger partial charge in [0, 0.05) is 12.2 Å². The van der Waals surface area contributed by atoms with Gasteiger partial charge in [0.05, 0.1) is 12.6 Å². The number of rotatable bonds is 8. The molecule has 0 fully saturated rings. The van der Waals surface area contributed by atoms with Crippen molar-refractivity contribution >= 4 is 0 Å². The summed E-state index contributed by atoms with van der Waals surface area (Å²) < 4.78 is 31.8. The van der Waals surface area contributed by atoms with Crippen LogP contribution >= 0.6 is 0 Å². The third-order valence-corrected chi connectivity index (χ3v) is 2.82. The van der Waals surface area contributed by atoms with Crippen LogP contribution in [0.25, 0.3) is 0 Å². The van der Waals surface area contributed by atoms with E-state index in [4.69, 9.17) is 10.5 Å². The molecule has 0 saturated heterocycles. The Morgan fingerprint density at radius 1 is 1.22 bits per heavy atom. The number of hydrogen-bond donors (Lipinski definition) is 1. The average Bonchev–Trinajstić information content (AvgIpc) is 2.36. The molecule has 0 amide bonds. The van der Waals surface area contributed by atoms with E-state index in [1.165, 1.54) is 25.0 Å². The Kier molecular flexibility index (Phi) is 6.83. The molecule has 0 saturated carbocycles. The van der Waals surface area contributed by atoms with Crippen molar-refractivity contribution in [1.29, 1.82) is 0 Å². The molecule has 1 atom stereocenters. The lowest BCUT2D eigenvalue weighted by Crippen LogP contribution is -2.19. The highest BCUT2D eigenvalue weighted by Crippen LogP contribution is 2.17. The van der Waals surface area contributed by atoms with E-state index in [2.05, 4.69) is 6.92 Å². The van der Waals surface area contributed by atoms with Gasteiger partial charge in [-0.15, -0.1) is 0 Å². The van der Waals surface area contributed by atoms with E-state index in [1.54, 1.807) is 0 Å². The highest BCUT2D eigenvalue weighted by atomic mass is 19.2. The Balaban J connectivity index is 2.32. The zero-order valence-electron chi connectivity index (χ0n) is 10.8. The lowest BCUT2D eigenvalue weighted by atomic mass is 10.1. The summed E-state index contributed by atoms with van der Waals surface area (Å²) in [6.45, 7) is 2.97. The van der Waals surface area contributed by atoms with Gasteiger partial charge in [0.15, 0.2) is 11.6 Å². The molecule has 0 aliphatic rings. The van der Waals surface area contributed by atoms with E-state index in [9.17, 15) is 8.78 Å². The molecule has 4 heteroatoms. The van der Waals surface area contributed by atoms with Gasteiger partial charge in [0.25, 0.3) is 0 Å². The second kappa shape index (κ2) is 8.16. The predicted molar refractivity (Wildman–Crippen MR) is 68.2 cm³/mol. The average molecular weight is 257 g/mol. The number of nitrogens with two attached hydrogens (primary N) is 1. The zero-order valence-corrected chi connectivity index (χ0v) is 10.8. The second-order valence-corrected chi connectivity index (χ2v) is 4.39. The monoisotopic (exact) mass is 257 g/mol. The van der Waals surface area contributed by atoms with Gasteiger partial charge in [-0.1, -0.05) is 38.3 Å². The standard InChI is InChI=1S/C14H21F2NO/c1-2-3-4-5-9-18-10-13(17)11-7-6-8-12(15)14(11)16/h6-8,13H,2-5,9-10,17H2,1H3. The summed E-state index contributed by atoms with van der Waals surface area (Å²) in [4.78, 5) is 0. The Hall–Kier alpha value is -1.00. The van der Waals surface area contributed by atoms with Crippen LogP contribution in [0.4, 0.5) is 8.78 Å². The van der Waals surface area contributed by atoms with Gasteiger partial charge in [-0.3, -0.25) is 0 Å². The Bertz CT molecular complexity index is 358. The molecule has 1 rings (SSSR count). The summed E-state index contributed by atoms with van der Waals surface area (Å²) in [7, 11) is 0. The van der Waals surface area contributed by atoms with Crippen LogP contribution in [0.15, 0.2) is 18.2 Å². The Labute approximate surface area is 107 Å². The molecule has 2 N–H and O–H groups in total. The van der Waals surface area contributed by atoms with Crippen molar-refractivity contribution in [3.8, 4) is 0 Å². The van der Waals surface area contributed by atoms with E-state index in [0.29, 0.717) is 6.61 Å². The van der Waals surface area contributed by atoms with Crippen LogP contribution in [-0.2, 0) is 4.74 Å². The van der Waals surface area contributed by atoms with Gasteiger partial charge in [-0.05, 0) is 12.5 Å². The molecule has 0 bridgehead atoms. The second-order valence-electron chi connectivity index (χ2n) is 4.39.